The second-order valence-corrected chi connectivity index (χ2v) is 9.32. The molecule has 156 valence electrons. The monoisotopic (exact) mass is 432 g/mol. The number of sulfonamides is 1. The molecule has 0 aliphatic carbocycles. The molecule has 1 aliphatic rings. The van der Waals surface area contributed by atoms with Gasteiger partial charge in [0.25, 0.3) is 0 Å². The van der Waals surface area contributed by atoms with E-state index in [0.29, 0.717) is 5.69 Å². The molecule has 0 radical (unpaired) electrons. The lowest BCUT2D eigenvalue weighted by Crippen LogP contribution is -2.46. The van der Waals surface area contributed by atoms with Crippen molar-refractivity contribution in [1.29, 1.82) is 0 Å². The molecule has 0 atom stereocenters. The van der Waals surface area contributed by atoms with Crippen LogP contribution in [0.3, 0.4) is 0 Å². The van der Waals surface area contributed by atoms with E-state index in [1.807, 2.05) is 42.6 Å². The average Bonchev–Trinajstić information content (AvgIpc) is 2.72. The summed E-state index contributed by atoms with van der Waals surface area (Å²) in [6.45, 7) is 1.52. The van der Waals surface area contributed by atoms with Crippen LogP contribution in [-0.4, -0.2) is 47.7 Å². The molecular formula is C22H20N6O2S. The van der Waals surface area contributed by atoms with Crippen molar-refractivity contribution in [1.82, 2.24) is 19.9 Å². The SMILES string of the molecule is CS(=O)(=O)Nc1ccc(-c2nccnc2C2CN(c3ncc4ccccc4n3)C2)cc1. The van der Waals surface area contributed by atoms with E-state index < -0.39 is 10.0 Å². The van der Waals surface area contributed by atoms with Crippen LogP contribution in [0, 0.1) is 0 Å². The van der Waals surface area contributed by atoms with Crippen molar-refractivity contribution in [3.8, 4) is 11.3 Å². The van der Waals surface area contributed by atoms with E-state index >= 15 is 0 Å². The third-order valence-corrected chi connectivity index (χ3v) is 5.82. The maximum Gasteiger partial charge on any atom is 0.229 e. The van der Waals surface area contributed by atoms with E-state index in [9.17, 15) is 8.42 Å². The quantitative estimate of drug-likeness (QED) is 0.517. The van der Waals surface area contributed by atoms with Gasteiger partial charge in [-0.05, 0) is 18.2 Å². The van der Waals surface area contributed by atoms with Gasteiger partial charge in [-0.25, -0.2) is 18.4 Å². The minimum Gasteiger partial charge on any atom is -0.339 e. The maximum absolute atomic E-state index is 11.4. The number of rotatable bonds is 5. The summed E-state index contributed by atoms with van der Waals surface area (Å²) < 4.78 is 25.3. The minimum atomic E-state index is -3.31. The van der Waals surface area contributed by atoms with Gasteiger partial charge in [0.2, 0.25) is 16.0 Å². The van der Waals surface area contributed by atoms with Gasteiger partial charge in [-0.1, -0.05) is 30.3 Å². The highest BCUT2D eigenvalue weighted by atomic mass is 32.2. The first-order chi connectivity index (χ1) is 15.0. The van der Waals surface area contributed by atoms with Gasteiger partial charge in [0.15, 0.2) is 0 Å². The van der Waals surface area contributed by atoms with Crippen molar-refractivity contribution in [3.63, 3.8) is 0 Å². The van der Waals surface area contributed by atoms with Crippen molar-refractivity contribution in [2.24, 2.45) is 0 Å². The Kier molecular flexibility index (Phi) is 4.74. The molecule has 0 bridgehead atoms. The Bertz CT molecular complexity index is 1350. The third-order valence-electron chi connectivity index (χ3n) is 5.22. The van der Waals surface area contributed by atoms with Gasteiger partial charge in [0.05, 0.1) is 23.2 Å². The van der Waals surface area contributed by atoms with E-state index in [1.54, 1.807) is 24.5 Å². The van der Waals surface area contributed by atoms with Gasteiger partial charge >= 0.3 is 0 Å². The molecule has 0 amide bonds. The fraction of sp³-hybridized carbons (Fsp3) is 0.182. The second kappa shape index (κ2) is 7.59. The Hall–Kier alpha value is -3.59. The van der Waals surface area contributed by atoms with Gasteiger partial charge in [-0.3, -0.25) is 14.7 Å². The van der Waals surface area contributed by atoms with E-state index in [-0.39, 0.29) is 5.92 Å². The van der Waals surface area contributed by atoms with Gasteiger partial charge in [-0.15, -0.1) is 0 Å². The van der Waals surface area contributed by atoms with Crippen LogP contribution in [-0.2, 0) is 10.0 Å². The predicted octanol–water partition coefficient (Wildman–Crippen LogP) is 3.06. The van der Waals surface area contributed by atoms with Crippen LogP contribution in [0.2, 0.25) is 0 Å². The highest BCUT2D eigenvalue weighted by molar-refractivity contribution is 7.92. The molecule has 8 nitrogen and oxygen atoms in total. The van der Waals surface area contributed by atoms with Crippen LogP contribution in [0.4, 0.5) is 11.6 Å². The Morgan fingerprint density at radius 3 is 2.48 bits per heavy atom. The summed E-state index contributed by atoms with van der Waals surface area (Å²) in [5.74, 6) is 0.934. The van der Waals surface area contributed by atoms with Gasteiger partial charge in [0, 0.05) is 54.2 Å². The molecule has 9 heteroatoms. The Morgan fingerprint density at radius 2 is 1.71 bits per heavy atom. The smallest absolute Gasteiger partial charge is 0.229 e. The zero-order chi connectivity index (χ0) is 21.4. The number of benzene rings is 2. The van der Waals surface area contributed by atoms with Gasteiger partial charge in [0.1, 0.15) is 0 Å². The summed E-state index contributed by atoms with van der Waals surface area (Å²) >= 11 is 0. The molecule has 31 heavy (non-hydrogen) atoms. The van der Waals surface area contributed by atoms with E-state index in [4.69, 9.17) is 0 Å². The molecule has 2 aromatic carbocycles. The van der Waals surface area contributed by atoms with Gasteiger partial charge in [-0.2, -0.15) is 0 Å². The van der Waals surface area contributed by atoms with Crippen molar-refractivity contribution >= 4 is 32.6 Å². The topological polar surface area (TPSA) is 101 Å². The standard InChI is InChI=1S/C22H20N6O2S/c1-31(29,30)27-18-8-6-15(7-9-18)20-21(24-11-10-23-20)17-13-28(14-17)22-25-12-16-4-2-3-5-19(16)26-22/h2-12,17,27H,13-14H2,1H3. The number of nitrogens with one attached hydrogen (secondary N) is 1. The normalized spacial score (nSPS) is 14.4. The van der Waals surface area contributed by atoms with Crippen molar-refractivity contribution < 1.29 is 8.42 Å². The van der Waals surface area contributed by atoms with Crippen LogP contribution in [0.1, 0.15) is 11.6 Å². The first kappa shape index (κ1) is 19.4. The van der Waals surface area contributed by atoms with Crippen LogP contribution < -0.4 is 9.62 Å². The number of para-hydroxylation sites is 1. The molecular weight excluding hydrogens is 412 g/mol. The highest BCUT2D eigenvalue weighted by Crippen LogP contribution is 2.34. The molecule has 4 aromatic rings. The Labute approximate surface area is 180 Å². The minimum absolute atomic E-state index is 0.215. The van der Waals surface area contributed by atoms with Crippen LogP contribution in [0.5, 0.6) is 0 Å². The molecule has 0 unspecified atom stereocenters. The van der Waals surface area contributed by atoms with Crippen molar-refractivity contribution in [2.45, 2.75) is 5.92 Å². The Morgan fingerprint density at radius 1 is 0.968 bits per heavy atom. The molecule has 1 N–H and O–H groups in total. The predicted molar refractivity (Wildman–Crippen MR) is 120 cm³/mol. The lowest BCUT2D eigenvalue weighted by Gasteiger charge is -2.39. The lowest BCUT2D eigenvalue weighted by molar-refractivity contribution is 0.504. The average molecular weight is 433 g/mol. The molecule has 5 rings (SSSR count). The van der Waals surface area contributed by atoms with Crippen LogP contribution >= 0.6 is 0 Å². The zero-order valence-corrected chi connectivity index (χ0v) is 17.6. The second-order valence-electron chi connectivity index (χ2n) is 7.57. The van der Waals surface area contributed by atoms with Crippen LogP contribution in [0.25, 0.3) is 22.2 Å². The summed E-state index contributed by atoms with van der Waals surface area (Å²) in [6, 6.07) is 15.1. The van der Waals surface area contributed by atoms with E-state index in [2.05, 4.69) is 29.6 Å². The van der Waals surface area contributed by atoms with Crippen LogP contribution in [0.15, 0.2) is 67.1 Å². The maximum atomic E-state index is 11.4. The molecule has 3 heterocycles. The summed E-state index contributed by atoms with van der Waals surface area (Å²) in [4.78, 5) is 20.4. The number of hydrogen-bond acceptors (Lipinski definition) is 7. The number of hydrogen-bond donors (Lipinski definition) is 1. The van der Waals surface area contributed by atoms with Crippen molar-refractivity contribution in [2.75, 3.05) is 29.0 Å². The number of nitrogens with zero attached hydrogens (tertiary/aromatic N) is 5. The summed E-state index contributed by atoms with van der Waals surface area (Å²) in [5, 5.41) is 1.02. The molecule has 1 saturated heterocycles. The number of anilines is 2. The van der Waals surface area contributed by atoms with Gasteiger partial charge < -0.3 is 4.90 Å². The fourth-order valence-corrected chi connectivity index (χ4v) is 4.27. The summed E-state index contributed by atoms with van der Waals surface area (Å²) in [7, 11) is -3.31. The molecule has 1 aliphatic heterocycles. The lowest BCUT2D eigenvalue weighted by atomic mass is 9.92. The summed E-state index contributed by atoms with van der Waals surface area (Å²) in [6.07, 6.45) is 6.35. The first-order valence-electron chi connectivity index (χ1n) is 9.82. The molecule has 0 saturated carbocycles. The first-order valence-corrected chi connectivity index (χ1v) is 11.7. The highest BCUT2D eigenvalue weighted by Gasteiger charge is 2.33. The molecule has 0 spiro atoms. The molecule has 2 aromatic heterocycles. The van der Waals surface area contributed by atoms with Crippen molar-refractivity contribution in [3.05, 3.63) is 72.8 Å². The molecule has 1 fully saturated rings. The number of fused-ring (bicyclic) bond motifs is 1. The zero-order valence-electron chi connectivity index (χ0n) is 16.8. The Balaban J connectivity index is 1.35. The van der Waals surface area contributed by atoms with E-state index in [1.165, 1.54) is 0 Å². The third kappa shape index (κ3) is 4.04. The van der Waals surface area contributed by atoms with E-state index in [0.717, 1.165) is 53.1 Å². The number of aromatic nitrogens is 4. The largest absolute Gasteiger partial charge is 0.339 e. The summed E-state index contributed by atoms with van der Waals surface area (Å²) in [5.41, 5.74) is 4.06. The fourth-order valence-electron chi connectivity index (χ4n) is 3.71.